The summed E-state index contributed by atoms with van der Waals surface area (Å²) >= 11 is 0. The summed E-state index contributed by atoms with van der Waals surface area (Å²) in [6.45, 7) is 2.47. The molecule has 0 aliphatic carbocycles. The summed E-state index contributed by atoms with van der Waals surface area (Å²) in [6, 6.07) is 14.1. The molecule has 2 aromatic carbocycles. The van der Waals surface area contributed by atoms with Crippen LogP contribution in [0.4, 0.5) is 0 Å². The molecule has 0 saturated carbocycles. The van der Waals surface area contributed by atoms with E-state index in [4.69, 9.17) is 9.47 Å². The van der Waals surface area contributed by atoms with Crippen LogP contribution in [-0.2, 0) is 4.74 Å². The average Bonchev–Trinajstić information content (AvgIpc) is 3.06. The van der Waals surface area contributed by atoms with E-state index in [0.29, 0.717) is 12.6 Å². The van der Waals surface area contributed by atoms with E-state index in [-0.39, 0.29) is 6.61 Å². The zero-order valence-electron chi connectivity index (χ0n) is 12.7. The van der Waals surface area contributed by atoms with E-state index in [1.165, 1.54) is 5.39 Å². The molecule has 1 saturated heterocycles. The fourth-order valence-corrected chi connectivity index (χ4v) is 2.72. The molecular formula is C18H23NO3. The highest BCUT2D eigenvalue weighted by Gasteiger charge is 2.15. The Morgan fingerprint density at radius 2 is 2.09 bits per heavy atom. The Balaban J connectivity index is 1.42. The van der Waals surface area contributed by atoms with Crippen molar-refractivity contribution < 1.29 is 14.6 Å². The molecule has 2 aromatic rings. The van der Waals surface area contributed by atoms with E-state index in [2.05, 4.69) is 17.4 Å². The number of aliphatic hydroxyl groups excluding tert-OH is 1. The topological polar surface area (TPSA) is 50.7 Å². The first-order valence-electron chi connectivity index (χ1n) is 7.93. The summed E-state index contributed by atoms with van der Waals surface area (Å²) in [6.07, 6.45) is 2.03. The quantitative estimate of drug-likeness (QED) is 0.824. The number of rotatable bonds is 7. The number of hydrogen-bond acceptors (Lipinski definition) is 4. The summed E-state index contributed by atoms with van der Waals surface area (Å²) in [7, 11) is 0. The zero-order chi connectivity index (χ0) is 15.2. The van der Waals surface area contributed by atoms with Gasteiger partial charge in [0, 0.05) is 19.7 Å². The lowest BCUT2D eigenvalue weighted by Crippen LogP contribution is -2.35. The summed E-state index contributed by atoms with van der Waals surface area (Å²) in [5.41, 5.74) is 0. The summed E-state index contributed by atoms with van der Waals surface area (Å²) < 4.78 is 11.2. The Bertz CT molecular complexity index is 596. The number of aliphatic hydroxyl groups is 1. The number of nitrogens with one attached hydrogen (secondary N) is 1. The van der Waals surface area contributed by atoms with Gasteiger partial charge in [0.1, 0.15) is 18.5 Å². The smallest absolute Gasteiger partial charge is 0.120 e. The third-order valence-corrected chi connectivity index (χ3v) is 3.94. The third-order valence-electron chi connectivity index (χ3n) is 3.94. The van der Waals surface area contributed by atoms with Crippen LogP contribution in [-0.4, -0.2) is 43.6 Å². The van der Waals surface area contributed by atoms with Crippen molar-refractivity contribution in [3.05, 3.63) is 42.5 Å². The van der Waals surface area contributed by atoms with E-state index >= 15 is 0 Å². The first-order valence-corrected chi connectivity index (χ1v) is 7.93. The van der Waals surface area contributed by atoms with Gasteiger partial charge < -0.3 is 19.9 Å². The zero-order valence-corrected chi connectivity index (χ0v) is 12.7. The van der Waals surface area contributed by atoms with Crippen LogP contribution in [0.3, 0.4) is 0 Å². The van der Waals surface area contributed by atoms with Gasteiger partial charge in [0.25, 0.3) is 0 Å². The number of hydrogen-bond donors (Lipinski definition) is 2. The first-order chi connectivity index (χ1) is 10.8. The third kappa shape index (κ3) is 4.19. The fourth-order valence-electron chi connectivity index (χ4n) is 2.72. The Morgan fingerprint density at radius 3 is 2.91 bits per heavy atom. The standard InChI is InChI=1S/C18H23NO3/c20-16(11-19-12-18-6-3-9-21-18)13-22-17-8-7-14-4-1-2-5-15(14)10-17/h1-2,4-5,7-8,10,16,18-20H,3,6,9,11-13H2. The van der Waals surface area contributed by atoms with Crippen molar-refractivity contribution in [2.45, 2.75) is 25.0 Å². The summed E-state index contributed by atoms with van der Waals surface area (Å²) in [4.78, 5) is 0. The SMILES string of the molecule is OC(CNCC1CCCO1)COc1ccc2ccccc2c1. The second-order valence-corrected chi connectivity index (χ2v) is 5.77. The van der Waals surface area contributed by atoms with Crippen LogP contribution >= 0.6 is 0 Å². The molecule has 3 rings (SSSR count). The number of ether oxygens (including phenoxy) is 2. The van der Waals surface area contributed by atoms with Crippen LogP contribution in [0, 0.1) is 0 Å². The van der Waals surface area contributed by atoms with Crippen LogP contribution in [0.5, 0.6) is 5.75 Å². The van der Waals surface area contributed by atoms with Gasteiger partial charge in [0.15, 0.2) is 0 Å². The average molecular weight is 301 g/mol. The summed E-state index contributed by atoms with van der Waals surface area (Å²) in [5, 5.41) is 15.5. The van der Waals surface area contributed by atoms with E-state index in [9.17, 15) is 5.11 Å². The molecule has 1 aliphatic rings. The van der Waals surface area contributed by atoms with E-state index < -0.39 is 6.10 Å². The summed E-state index contributed by atoms with van der Waals surface area (Å²) in [5.74, 6) is 0.789. The van der Waals surface area contributed by atoms with E-state index in [1.807, 2.05) is 30.3 Å². The Morgan fingerprint density at radius 1 is 1.23 bits per heavy atom. The Hall–Kier alpha value is -1.62. The highest BCUT2D eigenvalue weighted by atomic mass is 16.5. The molecule has 2 N–H and O–H groups in total. The Kier molecular flexibility index (Phi) is 5.27. The lowest BCUT2D eigenvalue weighted by molar-refractivity contribution is 0.0882. The minimum Gasteiger partial charge on any atom is -0.491 e. The molecule has 1 fully saturated rings. The molecule has 118 valence electrons. The monoisotopic (exact) mass is 301 g/mol. The molecule has 2 unspecified atom stereocenters. The molecule has 1 heterocycles. The molecule has 4 nitrogen and oxygen atoms in total. The molecule has 4 heteroatoms. The van der Waals surface area contributed by atoms with Crippen molar-refractivity contribution in [3.63, 3.8) is 0 Å². The first kappa shape index (κ1) is 15.3. The number of fused-ring (bicyclic) bond motifs is 1. The maximum atomic E-state index is 9.97. The molecule has 0 amide bonds. The van der Waals surface area contributed by atoms with E-state index in [0.717, 1.165) is 37.1 Å². The van der Waals surface area contributed by atoms with Crippen molar-refractivity contribution >= 4 is 10.8 Å². The predicted molar refractivity (Wildman–Crippen MR) is 87.3 cm³/mol. The molecule has 22 heavy (non-hydrogen) atoms. The van der Waals surface area contributed by atoms with Gasteiger partial charge >= 0.3 is 0 Å². The lowest BCUT2D eigenvalue weighted by Gasteiger charge is -2.15. The number of benzene rings is 2. The van der Waals surface area contributed by atoms with E-state index in [1.54, 1.807) is 0 Å². The van der Waals surface area contributed by atoms with Gasteiger partial charge in [-0.3, -0.25) is 0 Å². The second kappa shape index (κ2) is 7.58. The van der Waals surface area contributed by atoms with Crippen LogP contribution in [0.15, 0.2) is 42.5 Å². The van der Waals surface area contributed by atoms with Crippen molar-refractivity contribution in [3.8, 4) is 5.75 Å². The molecule has 1 aliphatic heterocycles. The van der Waals surface area contributed by atoms with Crippen molar-refractivity contribution in [2.24, 2.45) is 0 Å². The minimum absolute atomic E-state index is 0.289. The second-order valence-electron chi connectivity index (χ2n) is 5.77. The maximum Gasteiger partial charge on any atom is 0.120 e. The van der Waals surface area contributed by atoms with Gasteiger partial charge in [-0.15, -0.1) is 0 Å². The highest BCUT2D eigenvalue weighted by Crippen LogP contribution is 2.20. The van der Waals surface area contributed by atoms with Gasteiger partial charge in [-0.25, -0.2) is 0 Å². The molecule has 0 spiro atoms. The molecule has 2 atom stereocenters. The fraction of sp³-hybridized carbons (Fsp3) is 0.444. The van der Waals surface area contributed by atoms with Crippen LogP contribution in [0.2, 0.25) is 0 Å². The maximum absolute atomic E-state index is 9.97. The van der Waals surface area contributed by atoms with Gasteiger partial charge in [-0.1, -0.05) is 30.3 Å². The largest absolute Gasteiger partial charge is 0.491 e. The Labute approximate surface area is 131 Å². The molecule has 0 aromatic heterocycles. The predicted octanol–water partition coefficient (Wildman–Crippen LogP) is 2.35. The van der Waals surface area contributed by atoms with Crippen LogP contribution in [0.1, 0.15) is 12.8 Å². The van der Waals surface area contributed by atoms with Crippen molar-refractivity contribution in [2.75, 3.05) is 26.3 Å². The molecule has 0 radical (unpaired) electrons. The molecule has 0 bridgehead atoms. The van der Waals surface area contributed by atoms with Crippen molar-refractivity contribution in [1.82, 2.24) is 5.32 Å². The van der Waals surface area contributed by atoms with Crippen molar-refractivity contribution in [1.29, 1.82) is 0 Å². The minimum atomic E-state index is -0.520. The lowest BCUT2D eigenvalue weighted by atomic mass is 10.1. The van der Waals surface area contributed by atoms with Crippen LogP contribution in [0.25, 0.3) is 10.8 Å². The molecular weight excluding hydrogens is 278 g/mol. The normalized spacial score (nSPS) is 19.4. The van der Waals surface area contributed by atoms with Gasteiger partial charge in [-0.2, -0.15) is 0 Å². The van der Waals surface area contributed by atoms with Gasteiger partial charge in [0.05, 0.1) is 6.10 Å². The highest BCUT2D eigenvalue weighted by molar-refractivity contribution is 5.83. The van der Waals surface area contributed by atoms with Crippen LogP contribution < -0.4 is 10.1 Å². The van der Waals surface area contributed by atoms with Gasteiger partial charge in [-0.05, 0) is 35.7 Å². The van der Waals surface area contributed by atoms with Gasteiger partial charge in [0.2, 0.25) is 0 Å².